The van der Waals surface area contributed by atoms with Crippen LogP contribution in [0.3, 0.4) is 0 Å². The largest absolute Gasteiger partial charge is 0.505 e. The van der Waals surface area contributed by atoms with Crippen LogP contribution in [0.4, 0.5) is 0 Å². The number of hydrogen-bond donors (Lipinski definition) is 3. The second-order valence-corrected chi connectivity index (χ2v) is 3.65. The van der Waals surface area contributed by atoms with Crippen molar-refractivity contribution in [1.82, 2.24) is 10.3 Å². The van der Waals surface area contributed by atoms with E-state index in [1.165, 1.54) is 18.5 Å². The first-order valence-corrected chi connectivity index (χ1v) is 5.32. The minimum Gasteiger partial charge on any atom is -0.505 e. The Morgan fingerprint density at radius 1 is 1.69 bits per heavy atom. The van der Waals surface area contributed by atoms with E-state index in [0.717, 1.165) is 12.8 Å². The Hall–Kier alpha value is -1.62. The average molecular weight is 223 g/mol. The van der Waals surface area contributed by atoms with E-state index in [2.05, 4.69) is 10.3 Å². The molecule has 0 aliphatic heterocycles. The van der Waals surface area contributed by atoms with E-state index in [-0.39, 0.29) is 23.3 Å². The molecule has 16 heavy (non-hydrogen) atoms. The molecule has 0 aliphatic carbocycles. The molecule has 0 aromatic carbocycles. The highest BCUT2D eigenvalue weighted by atomic mass is 16.3. The first kappa shape index (κ1) is 12.4. The van der Waals surface area contributed by atoms with Gasteiger partial charge in [0.05, 0.1) is 11.8 Å². The zero-order valence-electron chi connectivity index (χ0n) is 9.31. The number of nitrogens with two attached hydrogens (primary N) is 1. The number of hydrogen-bond acceptors (Lipinski definition) is 4. The Kier molecular flexibility index (Phi) is 4.72. The molecule has 1 amide bonds. The Balaban J connectivity index is 2.50. The summed E-state index contributed by atoms with van der Waals surface area (Å²) in [5.41, 5.74) is 5.98. The summed E-state index contributed by atoms with van der Waals surface area (Å²) in [6.07, 6.45) is 4.54. The van der Waals surface area contributed by atoms with Crippen molar-refractivity contribution in [2.75, 3.05) is 6.54 Å². The van der Waals surface area contributed by atoms with Crippen molar-refractivity contribution in [3.8, 4) is 5.75 Å². The van der Waals surface area contributed by atoms with Crippen molar-refractivity contribution in [3.63, 3.8) is 0 Å². The molecule has 0 aliphatic rings. The predicted octanol–water partition coefficient (Wildman–Crippen LogP) is 0.644. The standard InChI is InChI=1S/C11H17N3O2/c1-2-3-8(12)6-14-11(16)9-4-5-13-7-10(9)15/h4-5,7-8,15H,2-3,6,12H2,1H3,(H,14,16). The fraction of sp³-hybridized carbons (Fsp3) is 0.455. The molecular formula is C11H17N3O2. The lowest BCUT2D eigenvalue weighted by atomic mass is 10.1. The topological polar surface area (TPSA) is 88.2 Å². The van der Waals surface area contributed by atoms with Crippen LogP contribution < -0.4 is 11.1 Å². The molecule has 88 valence electrons. The fourth-order valence-electron chi connectivity index (χ4n) is 1.37. The molecular weight excluding hydrogens is 206 g/mol. The lowest BCUT2D eigenvalue weighted by Crippen LogP contribution is -2.37. The van der Waals surface area contributed by atoms with Gasteiger partial charge in [-0.2, -0.15) is 0 Å². The summed E-state index contributed by atoms with van der Waals surface area (Å²) in [4.78, 5) is 15.3. The number of pyridine rings is 1. The lowest BCUT2D eigenvalue weighted by Gasteiger charge is -2.11. The van der Waals surface area contributed by atoms with Crippen LogP contribution in [0, 0.1) is 0 Å². The summed E-state index contributed by atoms with van der Waals surface area (Å²) in [6, 6.07) is 1.42. The number of nitrogens with zero attached hydrogens (tertiary/aromatic N) is 1. The highest BCUT2D eigenvalue weighted by Gasteiger charge is 2.11. The number of carbonyl (C=O) groups is 1. The number of aromatic hydroxyl groups is 1. The van der Waals surface area contributed by atoms with Crippen LogP contribution in [-0.2, 0) is 0 Å². The van der Waals surface area contributed by atoms with E-state index in [9.17, 15) is 9.90 Å². The van der Waals surface area contributed by atoms with Crippen LogP contribution in [0.2, 0.25) is 0 Å². The molecule has 0 saturated heterocycles. The molecule has 0 bridgehead atoms. The first-order valence-electron chi connectivity index (χ1n) is 5.32. The molecule has 1 atom stereocenters. The SMILES string of the molecule is CCCC(N)CNC(=O)c1ccncc1O. The van der Waals surface area contributed by atoms with Gasteiger partial charge in [-0.3, -0.25) is 9.78 Å². The zero-order valence-corrected chi connectivity index (χ0v) is 9.31. The second-order valence-electron chi connectivity index (χ2n) is 3.65. The third-order valence-corrected chi connectivity index (χ3v) is 2.23. The summed E-state index contributed by atoms with van der Waals surface area (Å²) in [6.45, 7) is 2.45. The van der Waals surface area contributed by atoms with Crippen molar-refractivity contribution in [2.24, 2.45) is 5.73 Å². The van der Waals surface area contributed by atoms with Gasteiger partial charge in [0.2, 0.25) is 0 Å². The first-order chi connectivity index (χ1) is 7.65. The molecule has 1 heterocycles. The number of rotatable bonds is 5. The van der Waals surface area contributed by atoms with E-state index in [0.29, 0.717) is 6.54 Å². The molecule has 4 N–H and O–H groups in total. The van der Waals surface area contributed by atoms with E-state index in [1.54, 1.807) is 0 Å². The summed E-state index contributed by atoms with van der Waals surface area (Å²) in [7, 11) is 0. The van der Waals surface area contributed by atoms with Gasteiger partial charge in [-0.15, -0.1) is 0 Å². The van der Waals surface area contributed by atoms with Gasteiger partial charge >= 0.3 is 0 Å². The van der Waals surface area contributed by atoms with Crippen LogP contribution in [-0.4, -0.2) is 28.6 Å². The Labute approximate surface area is 94.7 Å². The third-order valence-electron chi connectivity index (χ3n) is 2.23. The third kappa shape index (κ3) is 3.51. The molecule has 0 radical (unpaired) electrons. The normalized spacial score (nSPS) is 12.1. The molecule has 5 heteroatoms. The van der Waals surface area contributed by atoms with Crippen molar-refractivity contribution >= 4 is 5.91 Å². The molecule has 5 nitrogen and oxygen atoms in total. The number of amides is 1. The van der Waals surface area contributed by atoms with Gasteiger partial charge in [-0.05, 0) is 12.5 Å². The smallest absolute Gasteiger partial charge is 0.255 e. The highest BCUT2D eigenvalue weighted by molar-refractivity contribution is 5.96. The van der Waals surface area contributed by atoms with E-state index in [4.69, 9.17) is 5.73 Å². The molecule has 1 unspecified atom stereocenters. The Morgan fingerprint density at radius 2 is 2.44 bits per heavy atom. The molecule has 0 fully saturated rings. The second kappa shape index (κ2) is 6.07. The van der Waals surface area contributed by atoms with E-state index < -0.39 is 0 Å². The Morgan fingerprint density at radius 3 is 3.06 bits per heavy atom. The van der Waals surface area contributed by atoms with Gasteiger partial charge in [0.15, 0.2) is 0 Å². The zero-order chi connectivity index (χ0) is 12.0. The van der Waals surface area contributed by atoms with Gasteiger partial charge in [-0.1, -0.05) is 13.3 Å². The number of aromatic nitrogens is 1. The van der Waals surface area contributed by atoms with Crippen LogP contribution in [0.25, 0.3) is 0 Å². The van der Waals surface area contributed by atoms with Crippen molar-refractivity contribution < 1.29 is 9.90 Å². The summed E-state index contributed by atoms with van der Waals surface area (Å²) < 4.78 is 0. The Bertz CT molecular complexity index is 355. The van der Waals surface area contributed by atoms with Crippen molar-refractivity contribution in [2.45, 2.75) is 25.8 Å². The lowest BCUT2D eigenvalue weighted by molar-refractivity contribution is 0.0948. The maximum atomic E-state index is 11.6. The van der Waals surface area contributed by atoms with Crippen LogP contribution in [0.5, 0.6) is 5.75 Å². The van der Waals surface area contributed by atoms with Crippen molar-refractivity contribution in [1.29, 1.82) is 0 Å². The van der Waals surface area contributed by atoms with Crippen molar-refractivity contribution in [3.05, 3.63) is 24.0 Å². The minimum absolute atomic E-state index is 0.0436. The number of nitrogens with one attached hydrogen (secondary N) is 1. The monoisotopic (exact) mass is 223 g/mol. The summed E-state index contributed by atoms with van der Waals surface area (Å²) >= 11 is 0. The van der Waals surface area contributed by atoms with Gasteiger partial charge in [0, 0.05) is 18.8 Å². The van der Waals surface area contributed by atoms with Gasteiger partial charge in [0.25, 0.3) is 5.91 Å². The summed E-state index contributed by atoms with van der Waals surface area (Å²) in [5.74, 6) is -0.449. The summed E-state index contributed by atoms with van der Waals surface area (Å²) in [5, 5.41) is 12.1. The molecule has 0 saturated carbocycles. The molecule has 1 rings (SSSR count). The highest BCUT2D eigenvalue weighted by Crippen LogP contribution is 2.13. The molecule has 1 aromatic heterocycles. The average Bonchev–Trinajstić information content (AvgIpc) is 2.27. The maximum absolute atomic E-state index is 11.6. The fourth-order valence-corrected chi connectivity index (χ4v) is 1.37. The molecule has 0 spiro atoms. The maximum Gasteiger partial charge on any atom is 0.255 e. The van der Waals surface area contributed by atoms with Gasteiger partial charge in [-0.25, -0.2) is 0 Å². The van der Waals surface area contributed by atoms with E-state index >= 15 is 0 Å². The minimum atomic E-state index is -0.327. The van der Waals surface area contributed by atoms with E-state index in [1.807, 2.05) is 6.92 Å². The van der Waals surface area contributed by atoms with Gasteiger partial charge in [0.1, 0.15) is 5.75 Å². The van der Waals surface area contributed by atoms with Crippen LogP contribution in [0.1, 0.15) is 30.1 Å². The molecule has 1 aromatic rings. The predicted molar refractivity (Wildman–Crippen MR) is 61.1 cm³/mol. The van der Waals surface area contributed by atoms with Crippen LogP contribution >= 0.6 is 0 Å². The van der Waals surface area contributed by atoms with Crippen LogP contribution in [0.15, 0.2) is 18.5 Å². The quantitative estimate of drug-likeness (QED) is 0.683. The van der Waals surface area contributed by atoms with Gasteiger partial charge < -0.3 is 16.2 Å². The number of carbonyl (C=O) groups excluding carboxylic acids is 1.